The standard InChI is InChI=1S/C15H19N5/c1-3-6-20-9-12(11(2)19-20)8-16-13-4-5-14-15(7-13)18-10-17-14/h4-5,7,9-10,16H,3,6,8H2,1-2H3,(H,17,18). The van der Waals surface area contributed by atoms with E-state index in [-0.39, 0.29) is 0 Å². The van der Waals surface area contributed by atoms with E-state index < -0.39 is 0 Å². The summed E-state index contributed by atoms with van der Waals surface area (Å²) in [5.41, 5.74) is 5.46. The third-order valence-corrected chi connectivity index (χ3v) is 3.40. The number of rotatable bonds is 5. The average Bonchev–Trinajstić information content (AvgIpc) is 3.03. The number of hydrogen-bond donors (Lipinski definition) is 2. The highest BCUT2D eigenvalue weighted by molar-refractivity contribution is 5.78. The molecule has 1 aromatic carbocycles. The molecule has 0 aliphatic heterocycles. The molecule has 0 saturated carbocycles. The molecule has 0 atom stereocenters. The van der Waals surface area contributed by atoms with E-state index in [0.29, 0.717) is 0 Å². The third-order valence-electron chi connectivity index (χ3n) is 3.40. The number of fused-ring (bicyclic) bond motifs is 1. The number of anilines is 1. The molecule has 5 nitrogen and oxygen atoms in total. The van der Waals surface area contributed by atoms with Gasteiger partial charge in [-0.25, -0.2) is 4.98 Å². The van der Waals surface area contributed by atoms with Crippen molar-refractivity contribution in [2.24, 2.45) is 0 Å². The first-order valence-corrected chi connectivity index (χ1v) is 6.96. The normalized spacial score (nSPS) is 11.1. The third kappa shape index (κ3) is 2.52. The lowest BCUT2D eigenvalue weighted by molar-refractivity contribution is 0.598. The topological polar surface area (TPSA) is 58.5 Å². The lowest BCUT2D eigenvalue weighted by Crippen LogP contribution is -1.99. The number of benzene rings is 1. The first-order valence-electron chi connectivity index (χ1n) is 6.96. The number of H-pyrrole nitrogens is 1. The highest BCUT2D eigenvalue weighted by Crippen LogP contribution is 2.17. The van der Waals surface area contributed by atoms with Crippen molar-refractivity contribution < 1.29 is 0 Å². The number of aryl methyl sites for hydroxylation is 2. The van der Waals surface area contributed by atoms with Crippen LogP contribution in [0.15, 0.2) is 30.7 Å². The number of hydrogen-bond acceptors (Lipinski definition) is 3. The highest BCUT2D eigenvalue weighted by Gasteiger charge is 2.05. The molecule has 0 saturated heterocycles. The van der Waals surface area contributed by atoms with E-state index in [1.165, 1.54) is 5.56 Å². The van der Waals surface area contributed by atoms with Gasteiger partial charge in [0.2, 0.25) is 0 Å². The van der Waals surface area contributed by atoms with Crippen LogP contribution < -0.4 is 5.32 Å². The van der Waals surface area contributed by atoms with E-state index in [9.17, 15) is 0 Å². The van der Waals surface area contributed by atoms with Crippen molar-refractivity contribution in [2.75, 3.05) is 5.32 Å². The molecule has 0 fully saturated rings. The largest absolute Gasteiger partial charge is 0.381 e. The van der Waals surface area contributed by atoms with Gasteiger partial charge in [0, 0.05) is 30.5 Å². The Morgan fingerprint density at radius 3 is 3.10 bits per heavy atom. The molecule has 0 unspecified atom stereocenters. The van der Waals surface area contributed by atoms with E-state index in [1.54, 1.807) is 6.33 Å². The molecular formula is C15H19N5. The van der Waals surface area contributed by atoms with Crippen LogP contribution in [0, 0.1) is 6.92 Å². The summed E-state index contributed by atoms with van der Waals surface area (Å²) in [7, 11) is 0. The van der Waals surface area contributed by atoms with Crippen molar-refractivity contribution in [2.45, 2.75) is 33.4 Å². The summed E-state index contributed by atoms with van der Waals surface area (Å²) < 4.78 is 2.02. The van der Waals surface area contributed by atoms with Crippen LogP contribution in [-0.4, -0.2) is 19.7 Å². The molecule has 5 heteroatoms. The summed E-state index contributed by atoms with van der Waals surface area (Å²) in [6, 6.07) is 6.14. The van der Waals surface area contributed by atoms with E-state index in [1.807, 2.05) is 10.7 Å². The maximum atomic E-state index is 4.51. The van der Waals surface area contributed by atoms with E-state index >= 15 is 0 Å². The van der Waals surface area contributed by atoms with Crippen molar-refractivity contribution in [1.82, 2.24) is 19.7 Å². The monoisotopic (exact) mass is 269 g/mol. The molecule has 2 N–H and O–H groups in total. The van der Waals surface area contributed by atoms with Gasteiger partial charge in [0.1, 0.15) is 0 Å². The van der Waals surface area contributed by atoms with Crippen molar-refractivity contribution >= 4 is 16.7 Å². The van der Waals surface area contributed by atoms with Crippen molar-refractivity contribution in [3.63, 3.8) is 0 Å². The minimum absolute atomic E-state index is 0.787. The molecule has 0 aliphatic carbocycles. The van der Waals surface area contributed by atoms with Crippen LogP contribution >= 0.6 is 0 Å². The lowest BCUT2D eigenvalue weighted by Gasteiger charge is -2.05. The molecule has 0 spiro atoms. The highest BCUT2D eigenvalue weighted by atomic mass is 15.3. The lowest BCUT2D eigenvalue weighted by atomic mass is 10.2. The Labute approximate surface area is 118 Å². The van der Waals surface area contributed by atoms with Crippen LogP contribution in [-0.2, 0) is 13.1 Å². The fourth-order valence-electron chi connectivity index (χ4n) is 2.32. The van der Waals surface area contributed by atoms with Crippen molar-refractivity contribution in [3.8, 4) is 0 Å². The second kappa shape index (κ2) is 5.36. The Bertz CT molecular complexity index is 710. The van der Waals surface area contributed by atoms with Crippen LogP contribution in [0.4, 0.5) is 5.69 Å². The minimum Gasteiger partial charge on any atom is -0.381 e. The molecule has 3 aromatic rings. The quantitative estimate of drug-likeness (QED) is 0.748. The molecular weight excluding hydrogens is 250 g/mol. The Kier molecular flexibility index (Phi) is 3.41. The van der Waals surface area contributed by atoms with Crippen LogP contribution in [0.1, 0.15) is 24.6 Å². The van der Waals surface area contributed by atoms with Crippen LogP contribution in [0.5, 0.6) is 0 Å². The van der Waals surface area contributed by atoms with Gasteiger partial charge in [-0.1, -0.05) is 6.92 Å². The Hall–Kier alpha value is -2.30. The second-order valence-corrected chi connectivity index (χ2v) is 4.99. The zero-order chi connectivity index (χ0) is 13.9. The zero-order valence-corrected chi connectivity index (χ0v) is 11.8. The molecule has 0 bridgehead atoms. The average molecular weight is 269 g/mol. The second-order valence-electron chi connectivity index (χ2n) is 4.99. The summed E-state index contributed by atoms with van der Waals surface area (Å²) in [5.74, 6) is 0. The Morgan fingerprint density at radius 1 is 1.35 bits per heavy atom. The van der Waals surface area contributed by atoms with Crippen LogP contribution in [0.3, 0.4) is 0 Å². The first-order chi connectivity index (χ1) is 9.76. The summed E-state index contributed by atoms with van der Waals surface area (Å²) in [6.45, 7) is 5.98. The molecule has 2 aromatic heterocycles. The predicted octanol–water partition coefficient (Wildman–Crippen LogP) is 3.09. The fraction of sp³-hybridized carbons (Fsp3) is 0.333. The maximum absolute atomic E-state index is 4.51. The SMILES string of the molecule is CCCn1cc(CNc2ccc3nc[nH]c3c2)c(C)n1. The predicted molar refractivity (Wildman–Crippen MR) is 80.7 cm³/mol. The van der Waals surface area contributed by atoms with Crippen LogP contribution in [0.2, 0.25) is 0 Å². The number of imidazole rings is 1. The number of aromatic nitrogens is 4. The van der Waals surface area contributed by atoms with E-state index in [2.05, 4.69) is 52.6 Å². The van der Waals surface area contributed by atoms with Gasteiger partial charge in [-0.05, 0) is 31.5 Å². The van der Waals surface area contributed by atoms with Gasteiger partial charge in [-0.2, -0.15) is 5.10 Å². The molecule has 2 heterocycles. The molecule has 0 aliphatic rings. The maximum Gasteiger partial charge on any atom is 0.0931 e. The fourth-order valence-corrected chi connectivity index (χ4v) is 2.32. The van der Waals surface area contributed by atoms with E-state index in [4.69, 9.17) is 0 Å². The van der Waals surface area contributed by atoms with Gasteiger partial charge < -0.3 is 10.3 Å². The van der Waals surface area contributed by atoms with Crippen LogP contribution in [0.25, 0.3) is 11.0 Å². The zero-order valence-electron chi connectivity index (χ0n) is 11.8. The molecule has 20 heavy (non-hydrogen) atoms. The number of nitrogens with one attached hydrogen (secondary N) is 2. The van der Waals surface area contributed by atoms with Gasteiger partial charge in [0.15, 0.2) is 0 Å². The van der Waals surface area contributed by atoms with Crippen molar-refractivity contribution in [1.29, 1.82) is 0 Å². The smallest absolute Gasteiger partial charge is 0.0931 e. The van der Waals surface area contributed by atoms with Gasteiger partial charge >= 0.3 is 0 Å². The van der Waals surface area contributed by atoms with Gasteiger partial charge in [-0.15, -0.1) is 0 Å². The Morgan fingerprint density at radius 2 is 2.25 bits per heavy atom. The van der Waals surface area contributed by atoms with Gasteiger partial charge in [0.25, 0.3) is 0 Å². The Balaban J connectivity index is 1.72. The van der Waals surface area contributed by atoms with E-state index in [0.717, 1.165) is 41.9 Å². The number of aromatic amines is 1. The molecule has 3 rings (SSSR count). The first kappa shape index (κ1) is 12.7. The molecule has 0 amide bonds. The van der Waals surface area contributed by atoms with Gasteiger partial charge in [0.05, 0.1) is 23.1 Å². The summed E-state index contributed by atoms with van der Waals surface area (Å²) in [4.78, 5) is 7.34. The molecule has 0 radical (unpaired) electrons. The van der Waals surface area contributed by atoms with Gasteiger partial charge in [-0.3, -0.25) is 4.68 Å². The minimum atomic E-state index is 0.787. The number of nitrogens with zero attached hydrogens (tertiary/aromatic N) is 3. The summed E-state index contributed by atoms with van der Waals surface area (Å²) in [5, 5.41) is 7.95. The summed E-state index contributed by atoms with van der Waals surface area (Å²) in [6.07, 6.45) is 4.94. The molecule has 104 valence electrons. The van der Waals surface area contributed by atoms with Crippen molar-refractivity contribution in [3.05, 3.63) is 42.0 Å². The summed E-state index contributed by atoms with van der Waals surface area (Å²) >= 11 is 0.